The van der Waals surface area contributed by atoms with E-state index >= 15 is 0 Å². The van der Waals surface area contributed by atoms with Crippen LogP contribution in [0.1, 0.15) is 19.2 Å². The van der Waals surface area contributed by atoms with Gasteiger partial charge in [0.1, 0.15) is 11.6 Å². The summed E-state index contributed by atoms with van der Waals surface area (Å²) in [7, 11) is 0. The zero-order chi connectivity index (χ0) is 13.1. The van der Waals surface area contributed by atoms with Crippen LogP contribution in [0.5, 0.6) is 0 Å². The number of anilines is 1. The molecule has 0 bridgehead atoms. The third kappa shape index (κ3) is 2.77. The van der Waals surface area contributed by atoms with Crippen molar-refractivity contribution in [3.8, 4) is 0 Å². The summed E-state index contributed by atoms with van der Waals surface area (Å²) in [5, 5.41) is 11.9. The zero-order valence-electron chi connectivity index (χ0n) is 10.0. The molecule has 2 atom stereocenters. The quantitative estimate of drug-likeness (QED) is 0.685. The summed E-state index contributed by atoms with van der Waals surface area (Å²) in [6.45, 7) is 1.90. The first-order valence-electron chi connectivity index (χ1n) is 5.86. The van der Waals surface area contributed by atoms with Crippen LogP contribution in [0, 0.1) is 5.92 Å². The maximum Gasteiger partial charge on any atom is 0.310 e. The molecule has 1 heterocycles. The van der Waals surface area contributed by atoms with Crippen LogP contribution < -0.4 is 10.9 Å². The van der Waals surface area contributed by atoms with Gasteiger partial charge in [-0.25, -0.2) is 4.98 Å². The minimum absolute atomic E-state index is 0.0925. The van der Waals surface area contributed by atoms with Crippen molar-refractivity contribution in [3.05, 3.63) is 34.4 Å². The number of nitrogens with zero attached hydrogens (tertiary/aromatic N) is 1. The van der Waals surface area contributed by atoms with E-state index < -0.39 is 11.9 Å². The molecule has 2 rings (SSSR count). The Labute approximate surface area is 104 Å². The van der Waals surface area contributed by atoms with Crippen molar-refractivity contribution in [1.82, 2.24) is 9.97 Å². The lowest BCUT2D eigenvalue weighted by molar-refractivity contribution is -0.140. The van der Waals surface area contributed by atoms with Crippen LogP contribution in [0.4, 0.5) is 5.82 Å². The summed E-state index contributed by atoms with van der Waals surface area (Å²) >= 11 is 0. The molecule has 1 aliphatic rings. The molecule has 0 radical (unpaired) electrons. The predicted molar refractivity (Wildman–Crippen MR) is 66.5 cm³/mol. The summed E-state index contributed by atoms with van der Waals surface area (Å²) in [6.07, 6.45) is 4.58. The van der Waals surface area contributed by atoms with E-state index in [0.717, 1.165) is 0 Å². The number of rotatable bonds is 4. The first-order valence-corrected chi connectivity index (χ1v) is 5.86. The standard InChI is InChI=1S/C12H15N3O3/c1-2-9-14-10(6-11(16)15-9)13-8-4-3-7(5-8)12(17)18/h3-4,6-8H,2,5H2,1H3,(H,17,18)(H2,13,14,15,16). The molecule has 2 unspecified atom stereocenters. The monoisotopic (exact) mass is 249 g/mol. The van der Waals surface area contributed by atoms with Crippen molar-refractivity contribution >= 4 is 11.8 Å². The molecule has 0 spiro atoms. The van der Waals surface area contributed by atoms with Gasteiger partial charge in [0.05, 0.1) is 5.92 Å². The average molecular weight is 249 g/mol. The van der Waals surface area contributed by atoms with Crippen LogP contribution in [0.3, 0.4) is 0 Å². The van der Waals surface area contributed by atoms with Crippen molar-refractivity contribution < 1.29 is 9.90 Å². The van der Waals surface area contributed by atoms with Crippen LogP contribution in [0.15, 0.2) is 23.0 Å². The molecule has 0 fully saturated rings. The normalized spacial score (nSPS) is 22.1. The Morgan fingerprint density at radius 1 is 1.61 bits per heavy atom. The molecule has 0 aromatic carbocycles. The highest BCUT2D eigenvalue weighted by Gasteiger charge is 2.24. The van der Waals surface area contributed by atoms with Gasteiger partial charge in [0.2, 0.25) is 0 Å². The Balaban J connectivity index is 2.07. The highest BCUT2D eigenvalue weighted by Crippen LogP contribution is 2.20. The van der Waals surface area contributed by atoms with Gasteiger partial charge in [0, 0.05) is 18.5 Å². The second-order valence-electron chi connectivity index (χ2n) is 4.25. The van der Waals surface area contributed by atoms with Crippen molar-refractivity contribution in [3.63, 3.8) is 0 Å². The lowest BCUT2D eigenvalue weighted by Crippen LogP contribution is -2.21. The number of aryl methyl sites for hydroxylation is 1. The summed E-state index contributed by atoms with van der Waals surface area (Å²) in [5.74, 6) is -0.197. The Morgan fingerprint density at radius 2 is 2.39 bits per heavy atom. The predicted octanol–water partition coefficient (Wildman–Crippen LogP) is 0.773. The maximum atomic E-state index is 11.4. The second-order valence-corrected chi connectivity index (χ2v) is 4.25. The number of nitrogens with one attached hydrogen (secondary N) is 2. The molecule has 1 aliphatic carbocycles. The van der Waals surface area contributed by atoms with Crippen LogP contribution >= 0.6 is 0 Å². The van der Waals surface area contributed by atoms with E-state index in [1.165, 1.54) is 6.07 Å². The van der Waals surface area contributed by atoms with Crippen LogP contribution in [-0.4, -0.2) is 27.1 Å². The topological polar surface area (TPSA) is 95.1 Å². The van der Waals surface area contributed by atoms with Crippen molar-refractivity contribution in [2.75, 3.05) is 5.32 Å². The molecule has 96 valence electrons. The Bertz CT molecular complexity index is 536. The lowest BCUT2D eigenvalue weighted by Gasteiger charge is -2.12. The van der Waals surface area contributed by atoms with E-state index in [0.29, 0.717) is 24.5 Å². The molecule has 18 heavy (non-hydrogen) atoms. The summed E-state index contributed by atoms with van der Waals surface area (Å²) < 4.78 is 0. The van der Waals surface area contributed by atoms with Gasteiger partial charge in [-0.2, -0.15) is 0 Å². The van der Waals surface area contributed by atoms with Crippen molar-refractivity contribution in [2.24, 2.45) is 5.92 Å². The number of hydrogen-bond donors (Lipinski definition) is 3. The molecule has 3 N–H and O–H groups in total. The van der Waals surface area contributed by atoms with Crippen LogP contribution in [0.25, 0.3) is 0 Å². The van der Waals surface area contributed by atoms with Crippen molar-refractivity contribution in [1.29, 1.82) is 0 Å². The smallest absolute Gasteiger partial charge is 0.310 e. The fourth-order valence-electron chi connectivity index (χ4n) is 1.93. The molecule has 1 aromatic rings. The zero-order valence-corrected chi connectivity index (χ0v) is 10.0. The number of carboxylic acid groups (broad SMARTS) is 1. The van der Waals surface area contributed by atoms with Gasteiger partial charge in [0.15, 0.2) is 0 Å². The third-order valence-electron chi connectivity index (χ3n) is 2.86. The average Bonchev–Trinajstić information content (AvgIpc) is 2.76. The van der Waals surface area contributed by atoms with E-state index in [-0.39, 0.29) is 11.6 Å². The number of carboxylic acids is 1. The molecular weight excluding hydrogens is 234 g/mol. The van der Waals surface area contributed by atoms with Gasteiger partial charge in [-0.1, -0.05) is 19.1 Å². The van der Waals surface area contributed by atoms with Crippen LogP contribution in [0.2, 0.25) is 0 Å². The summed E-state index contributed by atoms with van der Waals surface area (Å²) in [5.41, 5.74) is -0.207. The van der Waals surface area contributed by atoms with E-state index in [4.69, 9.17) is 5.11 Å². The minimum Gasteiger partial charge on any atom is -0.481 e. The molecule has 0 saturated heterocycles. The maximum absolute atomic E-state index is 11.4. The molecule has 1 aromatic heterocycles. The number of aliphatic carboxylic acids is 1. The number of hydrogen-bond acceptors (Lipinski definition) is 4. The lowest BCUT2D eigenvalue weighted by atomic mass is 10.1. The minimum atomic E-state index is -0.830. The first-order chi connectivity index (χ1) is 8.58. The number of aromatic amines is 1. The van der Waals surface area contributed by atoms with Gasteiger partial charge in [-0.15, -0.1) is 0 Å². The summed E-state index contributed by atoms with van der Waals surface area (Å²) in [6, 6.07) is 1.28. The van der Waals surface area contributed by atoms with Gasteiger partial charge < -0.3 is 15.4 Å². The molecule has 6 heteroatoms. The molecule has 0 amide bonds. The number of carbonyl (C=O) groups is 1. The number of aromatic nitrogens is 2. The first kappa shape index (κ1) is 12.3. The summed E-state index contributed by atoms with van der Waals surface area (Å²) in [4.78, 5) is 29.0. The Kier molecular flexibility index (Phi) is 3.45. The third-order valence-corrected chi connectivity index (χ3v) is 2.86. The second kappa shape index (κ2) is 5.03. The van der Waals surface area contributed by atoms with Gasteiger partial charge >= 0.3 is 5.97 Å². The van der Waals surface area contributed by atoms with Gasteiger partial charge in [-0.3, -0.25) is 9.59 Å². The largest absolute Gasteiger partial charge is 0.481 e. The number of H-pyrrole nitrogens is 1. The fraction of sp³-hybridized carbons (Fsp3) is 0.417. The van der Waals surface area contributed by atoms with Gasteiger partial charge in [-0.05, 0) is 6.42 Å². The van der Waals surface area contributed by atoms with Crippen molar-refractivity contribution in [2.45, 2.75) is 25.8 Å². The highest BCUT2D eigenvalue weighted by molar-refractivity contribution is 5.73. The van der Waals surface area contributed by atoms with E-state index in [2.05, 4.69) is 15.3 Å². The van der Waals surface area contributed by atoms with Gasteiger partial charge in [0.25, 0.3) is 5.56 Å². The Morgan fingerprint density at radius 3 is 3.00 bits per heavy atom. The SMILES string of the molecule is CCc1nc(NC2C=CC(C(=O)O)C2)cc(=O)[nH]1. The van der Waals surface area contributed by atoms with E-state index in [1.54, 1.807) is 12.2 Å². The Hall–Kier alpha value is -2.11. The molecular formula is C12H15N3O3. The van der Waals surface area contributed by atoms with E-state index in [9.17, 15) is 9.59 Å². The fourth-order valence-corrected chi connectivity index (χ4v) is 1.93. The molecule has 0 aliphatic heterocycles. The molecule has 0 saturated carbocycles. The highest BCUT2D eigenvalue weighted by atomic mass is 16.4. The van der Waals surface area contributed by atoms with E-state index in [1.807, 2.05) is 6.92 Å². The molecule has 6 nitrogen and oxygen atoms in total. The van der Waals surface area contributed by atoms with Crippen LogP contribution in [-0.2, 0) is 11.2 Å².